The summed E-state index contributed by atoms with van der Waals surface area (Å²) < 4.78 is 17.1. The van der Waals surface area contributed by atoms with Gasteiger partial charge in [0.25, 0.3) is 0 Å². The van der Waals surface area contributed by atoms with Crippen molar-refractivity contribution in [2.45, 2.75) is 44.9 Å². The molecule has 0 radical (unpaired) electrons. The van der Waals surface area contributed by atoms with Crippen LogP contribution in [0.3, 0.4) is 0 Å². The molecule has 1 saturated heterocycles. The van der Waals surface area contributed by atoms with Gasteiger partial charge in [0.05, 0.1) is 31.8 Å². The Morgan fingerprint density at radius 3 is 2.74 bits per heavy atom. The van der Waals surface area contributed by atoms with Gasteiger partial charge in [-0.25, -0.2) is 0 Å². The molecular weight excluding hydrogens is 242 g/mol. The highest BCUT2D eigenvalue weighted by Gasteiger charge is 2.37. The number of ether oxygens (including phenoxy) is 3. The van der Waals surface area contributed by atoms with Crippen molar-refractivity contribution in [1.29, 1.82) is 5.26 Å². The van der Waals surface area contributed by atoms with Crippen molar-refractivity contribution >= 4 is 0 Å². The monoisotopic (exact) mass is 261 g/mol. The predicted octanol–water partition coefficient (Wildman–Crippen LogP) is 2.64. The summed E-state index contributed by atoms with van der Waals surface area (Å²) >= 11 is 0. The molecule has 0 aliphatic carbocycles. The third-order valence-electron chi connectivity index (χ3n) is 3.04. The largest absolute Gasteiger partial charge is 0.370 e. The van der Waals surface area contributed by atoms with Crippen LogP contribution in [0.1, 0.15) is 25.8 Å². The molecule has 0 bridgehead atoms. The first-order chi connectivity index (χ1) is 9.11. The van der Waals surface area contributed by atoms with Crippen molar-refractivity contribution in [2.75, 3.05) is 6.61 Å². The lowest BCUT2D eigenvalue weighted by Gasteiger charge is -2.22. The first-order valence-corrected chi connectivity index (χ1v) is 6.45. The molecule has 4 nitrogen and oxygen atoms in total. The normalized spacial score (nSPS) is 22.9. The molecule has 0 N–H and O–H groups in total. The Balaban J connectivity index is 1.92. The maximum atomic E-state index is 8.90. The quantitative estimate of drug-likeness (QED) is 0.817. The summed E-state index contributed by atoms with van der Waals surface area (Å²) in [5, 5.41) is 8.90. The third kappa shape index (κ3) is 4.03. The Morgan fingerprint density at radius 1 is 1.42 bits per heavy atom. The molecule has 0 amide bonds. The summed E-state index contributed by atoms with van der Waals surface area (Å²) in [6, 6.07) is 12.0. The fourth-order valence-electron chi connectivity index (χ4n) is 2.06. The first-order valence-electron chi connectivity index (χ1n) is 6.45. The van der Waals surface area contributed by atoms with E-state index in [2.05, 4.69) is 6.07 Å². The van der Waals surface area contributed by atoms with E-state index >= 15 is 0 Å². The summed E-state index contributed by atoms with van der Waals surface area (Å²) in [6.07, 6.45) is -0.137. The van der Waals surface area contributed by atoms with Crippen molar-refractivity contribution in [1.82, 2.24) is 0 Å². The second-order valence-corrected chi connectivity index (χ2v) is 5.06. The molecule has 4 heteroatoms. The van der Waals surface area contributed by atoms with E-state index in [4.69, 9.17) is 19.5 Å². The summed E-state index contributed by atoms with van der Waals surface area (Å²) in [5.41, 5.74) is 1.09. The van der Waals surface area contributed by atoms with E-state index in [1.54, 1.807) is 0 Å². The van der Waals surface area contributed by atoms with Crippen LogP contribution < -0.4 is 0 Å². The summed E-state index contributed by atoms with van der Waals surface area (Å²) in [7, 11) is 0. The van der Waals surface area contributed by atoms with E-state index in [9.17, 15) is 0 Å². The zero-order valence-corrected chi connectivity index (χ0v) is 11.3. The molecule has 1 aromatic carbocycles. The predicted molar refractivity (Wildman–Crippen MR) is 70.2 cm³/mol. The van der Waals surface area contributed by atoms with Crippen LogP contribution in [0.2, 0.25) is 0 Å². The van der Waals surface area contributed by atoms with Crippen LogP contribution in [0, 0.1) is 11.3 Å². The lowest BCUT2D eigenvalue weighted by Crippen LogP contribution is -2.32. The number of hydrogen-bond acceptors (Lipinski definition) is 4. The molecule has 2 atom stereocenters. The van der Waals surface area contributed by atoms with Gasteiger partial charge in [-0.2, -0.15) is 5.26 Å². The van der Waals surface area contributed by atoms with Crippen molar-refractivity contribution < 1.29 is 14.2 Å². The zero-order chi connectivity index (χ0) is 13.7. The molecular formula is C15H19NO3. The van der Waals surface area contributed by atoms with Gasteiger partial charge in [-0.15, -0.1) is 0 Å². The highest BCUT2D eigenvalue weighted by molar-refractivity contribution is 5.13. The minimum absolute atomic E-state index is 0.182. The van der Waals surface area contributed by atoms with E-state index in [0.29, 0.717) is 19.6 Å². The Labute approximate surface area is 113 Å². The average molecular weight is 261 g/mol. The fourth-order valence-corrected chi connectivity index (χ4v) is 2.06. The van der Waals surface area contributed by atoms with Gasteiger partial charge in [-0.05, 0) is 19.4 Å². The third-order valence-corrected chi connectivity index (χ3v) is 3.04. The van der Waals surface area contributed by atoms with Gasteiger partial charge >= 0.3 is 0 Å². The molecule has 19 heavy (non-hydrogen) atoms. The highest BCUT2D eigenvalue weighted by atomic mass is 16.7. The molecule has 1 fully saturated rings. The van der Waals surface area contributed by atoms with Crippen molar-refractivity contribution in [3.63, 3.8) is 0 Å². The molecule has 1 aliphatic rings. The standard InChI is InChI=1S/C15H19NO3/c1-15(2)18-11-14(19-15)13(8-9-16)17-10-12-6-4-3-5-7-12/h3-7,13-14H,8,10-11H2,1-2H3. The maximum absolute atomic E-state index is 8.90. The van der Waals surface area contributed by atoms with Gasteiger partial charge in [-0.1, -0.05) is 30.3 Å². The highest BCUT2D eigenvalue weighted by Crippen LogP contribution is 2.26. The number of nitrogens with zero attached hydrogens (tertiary/aromatic N) is 1. The molecule has 1 aliphatic heterocycles. The second kappa shape index (κ2) is 6.16. The van der Waals surface area contributed by atoms with E-state index in [0.717, 1.165) is 5.56 Å². The topological polar surface area (TPSA) is 51.5 Å². The average Bonchev–Trinajstić information content (AvgIpc) is 2.76. The number of hydrogen-bond donors (Lipinski definition) is 0. The van der Waals surface area contributed by atoms with E-state index in [1.165, 1.54) is 0 Å². The molecule has 1 aromatic rings. The van der Waals surface area contributed by atoms with E-state index < -0.39 is 5.79 Å². The Kier molecular flexibility index (Phi) is 4.54. The Morgan fingerprint density at radius 2 is 2.16 bits per heavy atom. The van der Waals surface area contributed by atoms with Crippen molar-refractivity contribution in [3.8, 4) is 6.07 Å². The van der Waals surface area contributed by atoms with Gasteiger partial charge in [-0.3, -0.25) is 0 Å². The second-order valence-electron chi connectivity index (χ2n) is 5.06. The minimum atomic E-state index is -0.589. The molecule has 0 spiro atoms. The van der Waals surface area contributed by atoms with E-state index in [1.807, 2.05) is 44.2 Å². The summed E-state index contributed by atoms with van der Waals surface area (Å²) in [6.45, 7) is 4.68. The van der Waals surface area contributed by atoms with Crippen LogP contribution in [0.15, 0.2) is 30.3 Å². The Bertz CT molecular complexity index is 438. The van der Waals surface area contributed by atoms with Crippen molar-refractivity contribution in [2.24, 2.45) is 0 Å². The molecule has 2 unspecified atom stereocenters. The van der Waals surface area contributed by atoms with Gasteiger partial charge in [0.2, 0.25) is 0 Å². The minimum Gasteiger partial charge on any atom is -0.370 e. The molecule has 1 heterocycles. The van der Waals surface area contributed by atoms with Crippen LogP contribution in [0.5, 0.6) is 0 Å². The number of rotatable bonds is 5. The molecule has 2 rings (SSSR count). The van der Waals surface area contributed by atoms with E-state index in [-0.39, 0.29) is 12.2 Å². The van der Waals surface area contributed by atoms with Gasteiger partial charge in [0, 0.05) is 0 Å². The zero-order valence-electron chi connectivity index (χ0n) is 11.3. The lowest BCUT2D eigenvalue weighted by atomic mass is 10.1. The number of benzene rings is 1. The van der Waals surface area contributed by atoms with Crippen LogP contribution in [0.4, 0.5) is 0 Å². The van der Waals surface area contributed by atoms with Crippen LogP contribution >= 0.6 is 0 Å². The number of nitriles is 1. The van der Waals surface area contributed by atoms with Crippen LogP contribution in [-0.4, -0.2) is 24.6 Å². The van der Waals surface area contributed by atoms with Crippen LogP contribution in [0.25, 0.3) is 0 Å². The van der Waals surface area contributed by atoms with Gasteiger partial charge in [0.1, 0.15) is 6.10 Å². The fraction of sp³-hybridized carbons (Fsp3) is 0.533. The SMILES string of the molecule is CC1(C)OCC(C(CC#N)OCc2ccccc2)O1. The van der Waals surface area contributed by atoms with Gasteiger partial charge < -0.3 is 14.2 Å². The maximum Gasteiger partial charge on any atom is 0.163 e. The van der Waals surface area contributed by atoms with Crippen LogP contribution in [-0.2, 0) is 20.8 Å². The lowest BCUT2D eigenvalue weighted by molar-refractivity contribution is -0.157. The molecule has 0 saturated carbocycles. The smallest absolute Gasteiger partial charge is 0.163 e. The first kappa shape index (κ1) is 14.0. The summed E-state index contributed by atoms with van der Waals surface area (Å²) in [5.74, 6) is -0.589. The van der Waals surface area contributed by atoms with Crippen molar-refractivity contribution in [3.05, 3.63) is 35.9 Å². The molecule has 0 aromatic heterocycles. The Hall–Kier alpha value is -1.41. The molecule has 102 valence electrons. The van der Waals surface area contributed by atoms with Gasteiger partial charge in [0.15, 0.2) is 5.79 Å². The summed E-state index contributed by atoms with van der Waals surface area (Å²) in [4.78, 5) is 0.